The van der Waals surface area contributed by atoms with Crippen molar-refractivity contribution in [2.45, 2.75) is 12.8 Å². The number of carbonyl (C=O) groups is 1. The van der Waals surface area contributed by atoms with Gasteiger partial charge in [-0.3, -0.25) is 9.59 Å². The molecule has 3 N–H and O–H groups in total. The fraction of sp³-hybridized carbons (Fsp3) is 0.105. The Bertz CT molecular complexity index is 1130. The van der Waals surface area contributed by atoms with Crippen molar-refractivity contribution in [1.82, 2.24) is 15.0 Å². The van der Waals surface area contributed by atoms with E-state index in [1.54, 1.807) is 6.07 Å². The lowest BCUT2D eigenvalue weighted by atomic mass is 10.2. The number of benzene rings is 2. The van der Waals surface area contributed by atoms with Gasteiger partial charge in [-0.25, -0.2) is 4.98 Å². The molecule has 25 heavy (non-hydrogen) atoms. The van der Waals surface area contributed by atoms with Crippen LogP contribution in [0.4, 0.5) is 5.69 Å². The van der Waals surface area contributed by atoms with Crippen LogP contribution in [0.15, 0.2) is 59.5 Å². The monoisotopic (exact) mass is 332 g/mol. The molecule has 2 aromatic carbocycles. The lowest BCUT2D eigenvalue weighted by Gasteiger charge is -2.07. The number of nitrogens with zero attached hydrogens (tertiary/aromatic N) is 1. The highest BCUT2D eigenvalue weighted by Crippen LogP contribution is 2.22. The molecule has 0 spiro atoms. The number of aromatic amines is 2. The van der Waals surface area contributed by atoms with Gasteiger partial charge in [0.15, 0.2) is 0 Å². The normalized spacial score (nSPS) is 11.0. The molecule has 0 aliphatic carbocycles. The first-order valence-corrected chi connectivity index (χ1v) is 8.04. The molecule has 6 heteroatoms. The van der Waals surface area contributed by atoms with Crippen molar-refractivity contribution in [2.24, 2.45) is 0 Å². The number of hydrogen-bond donors (Lipinski definition) is 3. The van der Waals surface area contributed by atoms with Crippen molar-refractivity contribution >= 4 is 33.5 Å². The van der Waals surface area contributed by atoms with Gasteiger partial charge in [-0.05, 0) is 30.3 Å². The molecule has 0 aliphatic rings. The number of aromatic nitrogens is 3. The minimum Gasteiger partial charge on any atom is -0.361 e. The Hall–Kier alpha value is -3.41. The lowest BCUT2D eigenvalue weighted by molar-refractivity contribution is -0.116. The number of anilines is 1. The molecule has 0 saturated heterocycles. The Labute approximate surface area is 142 Å². The summed E-state index contributed by atoms with van der Waals surface area (Å²) < 4.78 is 0. The third kappa shape index (κ3) is 3.01. The number of carbonyl (C=O) groups excluding carboxylic acids is 1. The molecule has 2 aromatic heterocycles. The first kappa shape index (κ1) is 15.1. The van der Waals surface area contributed by atoms with E-state index in [0.717, 1.165) is 22.1 Å². The van der Waals surface area contributed by atoms with E-state index < -0.39 is 0 Å². The summed E-state index contributed by atoms with van der Waals surface area (Å²) in [5, 5.41) is 3.85. The highest BCUT2D eigenvalue weighted by molar-refractivity contribution is 6.01. The van der Waals surface area contributed by atoms with Crippen molar-refractivity contribution in [2.75, 3.05) is 5.32 Å². The van der Waals surface area contributed by atoms with Crippen LogP contribution in [0, 0.1) is 0 Å². The van der Waals surface area contributed by atoms with Gasteiger partial charge in [0.05, 0.1) is 16.7 Å². The highest BCUT2D eigenvalue weighted by Gasteiger charge is 2.10. The molecule has 0 bridgehead atoms. The van der Waals surface area contributed by atoms with Gasteiger partial charge in [-0.15, -0.1) is 0 Å². The summed E-state index contributed by atoms with van der Waals surface area (Å²) in [7, 11) is 0. The first-order chi connectivity index (χ1) is 12.2. The Balaban J connectivity index is 1.49. The minimum absolute atomic E-state index is 0.150. The molecule has 0 atom stereocenters. The largest absolute Gasteiger partial charge is 0.361 e. The van der Waals surface area contributed by atoms with Gasteiger partial charge in [0.1, 0.15) is 5.69 Å². The number of aryl methyl sites for hydroxylation is 1. The van der Waals surface area contributed by atoms with Crippen LogP contribution in [0.2, 0.25) is 0 Å². The average Bonchev–Trinajstić information content (AvgIpc) is 3.10. The van der Waals surface area contributed by atoms with Crippen LogP contribution >= 0.6 is 0 Å². The molecule has 124 valence electrons. The van der Waals surface area contributed by atoms with Crippen LogP contribution < -0.4 is 10.9 Å². The van der Waals surface area contributed by atoms with Gasteiger partial charge in [0.2, 0.25) is 5.91 Å². The smallest absolute Gasteiger partial charge is 0.270 e. The van der Waals surface area contributed by atoms with Gasteiger partial charge < -0.3 is 15.3 Å². The van der Waals surface area contributed by atoms with E-state index in [1.165, 1.54) is 0 Å². The third-order valence-electron chi connectivity index (χ3n) is 4.13. The second-order valence-corrected chi connectivity index (χ2v) is 5.82. The summed E-state index contributed by atoms with van der Waals surface area (Å²) in [4.78, 5) is 34.6. The Morgan fingerprint density at radius 1 is 1.04 bits per heavy atom. The minimum atomic E-state index is -0.251. The van der Waals surface area contributed by atoms with E-state index >= 15 is 0 Å². The molecule has 6 nitrogen and oxygen atoms in total. The number of rotatable bonds is 4. The molecule has 0 saturated carbocycles. The summed E-state index contributed by atoms with van der Waals surface area (Å²) in [5.74, 6) is -0.150. The molecule has 0 fully saturated rings. The predicted molar refractivity (Wildman–Crippen MR) is 97.6 cm³/mol. The van der Waals surface area contributed by atoms with Gasteiger partial charge in [0, 0.05) is 29.9 Å². The second-order valence-electron chi connectivity index (χ2n) is 5.82. The number of fused-ring (bicyclic) bond motifs is 2. The molecule has 2 heterocycles. The lowest BCUT2D eigenvalue weighted by Crippen LogP contribution is -2.19. The fourth-order valence-electron chi connectivity index (χ4n) is 2.88. The van der Waals surface area contributed by atoms with Crippen LogP contribution in [0.5, 0.6) is 0 Å². The van der Waals surface area contributed by atoms with Crippen LogP contribution in [0.3, 0.4) is 0 Å². The third-order valence-corrected chi connectivity index (χ3v) is 4.13. The van der Waals surface area contributed by atoms with Crippen LogP contribution in [0.25, 0.3) is 21.9 Å². The summed E-state index contributed by atoms with van der Waals surface area (Å²) >= 11 is 0. The van der Waals surface area contributed by atoms with Gasteiger partial charge in [-0.1, -0.05) is 18.2 Å². The van der Waals surface area contributed by atoms with Crippen molar-refractivity contribution < 1.29 is 4.79 Å². The first-order valence-electron chi connectivity index (χ1n) is 8.04. The van der Waals surface area contributed by atoms with E-state index in [4.69, 9.17) is 0 Å². The number of nitrogens with one attached hydrogen (secondary N) is 3. The molecule has 0 unspecified atom stereocenters. The zero-order valence-corrected chi connectivity index (χ0v) is 13.4. The van der Waals surface area contributed by atoms with E-state index in [2.05, 4.69) is 20.3 Å². The van der Waals surface area contributed by atoms with Gasteiger partial charge in [0.25, 0.3) is 5.56 Å². The number of H-pyrrole nitrogens is 2. The average molecular weight is 332 g/mol. The predicted octanol–water partition coefficient (Wildman–Crippen LogP) is 2.98. The van der Waals surface area contributed by atoms with Crippen molar-refractivity contribution in [3.05, 3.63) is 70.8 Å². The van der Waals surface area contributed by atoms with E-state index in [0.29, 0.717) is 11.2 Å². The maximum absolute atomic E-state index is 12.3. The fourth-order valence-corrected chi connectivity index (χ4v) is 2.88. The molecule has 0 aliphatic heterocycles. The molecule has 0 radical (unpaired) electrons. The number of hydrogen-bond acceptors (Lipinski definition) is 3. The summed E-state index contributed by atoms with van der Waals surface area (Å²) in [6.45, 7) is 0. The van der Waals surface area contributed by atoms with E-state index in [-0.39, 0.29) is 24.3 Å². The maximum Gasteiger partial charge on any atom is 0.270 e. The van der Waals surface area contributed by atoms with E-state index in [1.807, 2.05) is 48.7 Å². The highest BCUT2D eigenvalue weighted by atomic mass is 16.1. The van der Waals surface area contributed by atoms with Gasteiger partial charge >= 0.3 is 0 Å². The van der Waals surface area contributed by atoms with Crippen molar-refractivity contribution in [3.8, 4) is 0 Å². The molecule has 1 amide bonds. The Morgan fingerprint density at radius 3 is 2.80 bits per heavy atom. The van der Waals surface area contributed by atoms with Crippen LogP contribution in [-0.4, -0.2) is 20.9 Å². The SMILES string of the molecule is O=C(CCc1nc2ccccc2[nH]c1=O)Nc1cccc2[nH]ccc12. The quantitative estimate of drug-likeness (QED) is 0.536. The zero-order chi connectivity index (χ0) is 17.2. The molecule has 4 rings (SSSR count). The molecular formula is C19H16N4O2. The van der Waals surface area contributed by atoms with Crippen molar-refractivity contribution in [1.29, 1.82) is 0 Å². The number of para-hydroxylation sites is 2. The zero-order valence-electron chi connectivity index (χ0n) is 13.4. The molecular weight excluding hydrogens is 316 g/mol. The van der Waals surface area contributed by atoms with Gasteiger partial charge in [-0.2, -0.15) is 0 Å². The summed E-state index contributed by atoms with van der Waals surface area (Å²) in [6.07, 6.45) is 2.31. The van der Waals surface area contributed by atoms with Crippen molar-refractivity contribution in [3.63, 3.8) is 0 Å². The standard InChI is InChI=1S/C19H16N4O2/c24-18(22-14-7-3-6-13-12(14)10-11-20-13)9-8-17-19(25)23-16-5-2-1-4-15(16)21-17/h1-7,10-11,20H,8-9H2,(H,22,24)(H,23,25). The van der Waals surface area contributed by atoms with E-state index in [9.17, 15) is 9.59 Å². The summed E-state index contributed by atoms with van der Waals surface area (Å²) in [5.41, 5.74) is 3.25. The van der Waals surface area contributed by atoms with Crippen LogP contribution in [0.1, 0.15) is 12.1 Å². The number of amides is 1. The topological polar surface area (TPSA) is 90.6 Å². The Morgan fingerprint density at radius 2 is 1.88 bits per heavy atom. The maximum atomic E-state index is 12.3. The Kier molecular flexibility index (Phi) is 3.78. The second kappa shape index (κ2) is 6.24. The van der Waals surface area contributed by atoms with Crippen LogP contribution in [-0.2, 0) is 11.2 Å². The summed E-state index contributed by atoms with van der Waals surface area (Å²) in [6, 6.07) is 14.9. The molecule has 4 aromatic rings.